The van der Waals surface area contributed by atoms with Crippen LogP contribution in [0.25, 0.3) is 5.65 Å². The molecule has 1 atom stereocenters. The van der Waals surface area contributed by atoms with Crippen molar-refractivity contribution in [3.8, 4) is 0 Å². The van der Waals surface area contributed by atoms with E-state index in [9.17, 15) is 4.79 Å². The Morgan fingerprint density at radius 1 is 1.50 bits per heavy atom. The van der Waals surface area contributed by atoms with E-state index in [1.807, 2.05) is 18.3 Å². The minimum absolute atomic E-state index is 0.0421. The Morgan fingerprint density at radius 2 is 2.33 bits per heavy atom. The molecule has 1 saturated heterocycles. The van der Waals surface area contributed by atoms with Gasteiger partial charge in [0.2, 0.25) is 5.91 Å². The maximum atomic E-state index is 11.9. The van der Waals surface area contributed by atoms with Crippen LogP contribution in [0.4, 0.5) is 5.95 Å². The summed E-state index contributed by atoms with van der Waals surface area (Å²) in [6, 6.07) is 3.74. The number of fused-ring (bicyclic) bond motifs is 1. The fourth-order valence-electron chi connectivity index (χ4n) is 2.09. The zero-order valence-corrected chi connectivity index (χ0v) is 11.2. The molecule has 3 heterocycles. The van der Waals surface area contributed by atoms with Crippen molar-refractivity contribution in [2.75, 3.05) is 18.0 Å². The van der Waals surface area contributed by atoms with Gasteiger partial charge in [0, 0.05) is 23.6 Å². The predicted octanol–water partition coefficient (Wildman–Crippen LogP) is 0.803. The van der Waals surface area contributed by atoms with Gasteiger partial charge >= 0.3 is 0 Å². The van der Waals surface area contributed by atoms with E-state index >= 15 is 0 Å². The number of anilines is 1. The summed E-state index contributed by atoms with van der Waals surface area (Å²) in [5.41, 5.74) is 6.32. The fourth-order valence-corrected chi connectivity index (χ4v) is 2.42. The summed E-state index contributed by atoms with van der Waals surface area (Å²) in [6.45, 7) is 1.12. The van der Waals surface area contributed by atoms with Crippen molar-refractivity contribution in [2.24, 2.45) is 11.7 Å². The van der Waals surface area contributed by atoms with Crippen LogP contribution in [0, 0.1) is 5.92 Å². The van der Waals surface area contributed by atoms with Crippen LogP contribution in [-0.4, -0.2) is 33.6 Å². The monoisotopic (exact) mass is 309 g/mol. The van der Waals surface area contributed by atoms with Gasteiger partial charge in [-0.05, 0) is 40.5 Å². The zero-order chi connectivity index (χ0) is 12.7. The number of halogens is 1. The summed E-state index contributed by atoms with van der Waals surface area (Å²) in [5, 5.41) is 4.31. The number of nitrogens with two attached hydrogens (primary N) is 1. The van der Waals surface area contributed by atoms with Crippen LogP contribution in [0.3, 0.4) is 0 Å². The van der Waals surface area contributed by atoms with E-state index in [0.29, 0.717) is 25.5 Å². The van der Waals surface area contributed by atoms with Crippen LogP contribution in [-0.2, 0) is 4.79 Å². The molecule has 0 radical (unpaired) electrons. The van der Waals surface area contributed by atoms with Gasteiger partial charge in [-0.15, -0.1) is 5.10 Å². The summed E-state index contributed by atoms with van der Waals surface area (Å²) in [7, 11) is 0. The first-order chi connectivity index (χ1) is 8.67. The average Bonchev–Trinajstić information content (AvgIpc) is 2.91. The Bertz CT molecular complexity index is 610. The molecule has 2 aromatic heterocycles. The SMILES string of the molecule is NCC1CC(=O)N(c2nc3ccc(Br)cn3n2)C1. The lowest BCUT2D eigenvalue weighted by atomic mass is 10.1. The van der Waals surface area contributed by atoms with Gasteiger partial charge in [0.25, 0.3) is 5.95 Å². The lowest BCUT2D eigenvalue weighted by Gasteiger charge is -2.10. The molecule has 1 unspecified atom stereocenters. The number of hydrogen-bond donors (Lipinski definition) is 1. The van der Waals surface area contributed by atoms with Crippen molar-refractivity contribution in [1.29, 1.82) is 0 Å². The van der Waals surface area contributed by atoms with E-state index < -0.39 is 0 Å². The molecule has 0 saturated carbocycles. The second-order valence-corrected chi connectivity index (χ2v) is 5.29. The molecule has 0 spiro atoms. The fraction of sp³-hybridized carbons (Fsp3) is 0.364. The zero-order valence-electron chi connectivity index (χ0n) is 9.58. The lowest BCUT2D eigenvalue weighted by molar-refractivity contribution is -0.117. The van der Waals surface area contributed by atoms with Crippen LogP contribution in [0.2, 0.25) is 0 Å². The van der Waals surface area contributed by atoms with Crippen LogP contribution in [0.5, 0.6) is 0 Å². The third kappa shape index (κ3) is 1.89. The Balaban J connectivity index is 1.97. The molecule has 1 aliphatic heterocycles. The third-order valence-electron chi connectivity index (χ3n) is 3.06. The highest BCUT2D eigenvalue weighted by Gasteiger charge is 2.32. The molecule has 1 fully saturated rings. The molecule has 18 heavy (non-hydrogen) atoms. The molecule has 7 heteroatoms. The Kier molecular flexibility index (Phi) is 2.79. The van der Waals surface area contributed by atoms with Gasteiger partial charge in [0.15, 0.2) is 5.65 Å². The van der Waals surface area contributed by atoms with E-state index in [1.165, 1.54) is 0 Å². The molecular formula is C11H12BrN5O. The normalized spacial score (nSPS) is 20.0. The quantitative estimate of drug-likeness (QED) is 0.890. The van der Waals surface area contributed by atoms with Crippen molar-refractivity contribution in [3.05, 3.63) is 22.8 Å². The van der Waals surface area contributed by atoms with Crippen LogP contribution in [0.1, 0.15) is 6.42 Å². The van der Waals surface area contributed by atoms with Crippen molar-refractivity contribution in [3.63, 3.8) is 0 Å². The molecule has 3 rings (SSSR count). The molecule has 94 valence electrons. The molecule has 0 bridgehead atoms. The molecule has 0 aromatic carbocycles. The summed E-state index contributed by atoms with van der Waals surface area (Å²) in [6.07, 6.45) is 2.29. The molecule has 0 aliphatic carbocycles. The Morgan fingerprint density at radius 3 is 3.06 bits per heavy atom. The number of rotatable bonds is 2. The molecule has 2 N–H and O–H groups in total. The van der Waals surface area contributed by atoms with Crippen LogP contribution in [0.15, 0.2) is 22.8 Å². The number of carbonyl (C=O) groups excluding carboxylic acids is 1. The summed E-state index contributed by atoms with van der Waals surface area (Å²) in [4.78, 5) is 17.8. The largest absolute Gasteiger partial charge is 0.330 e. The highest BCUT2D eigenvalue weighted by molar-refractivity contribution is 9.10. The third-order valence-corrected chi connectivity index (χ3v) is 3.53. The van der Waals surface area contributed by atoms with Crippen LogP contribution < -0.4 is 10.6 Å². The van der Waals surface area contributed by atoms with E-state index in [2.05, 4.69) is 26.0 Å². The predicted molar refractivity (Wildman–Crippen MR) is 70.2 cm³/mol. The first-order valence-corrected chi connectivity index (χ1v) is 6.49. The van der Waals surface area contributed by atoms with Crippen molar-refractivity contribution in [1.82, 2.24) is 14.6 Å². The van der Waals surface area contributed by atoms with Gasteiger partial charge < -0.3 is 5.73 Å². The first-order valence-electron chi connectivity index (χ1n) is 5.70. The lowest BCUT2D eigenvalue weighted by Crippen LogP contribution is -2.26. The average molecular weight is 310 g/mol. The van der Waals surface area contributed by atoms with Gasteiger partial charge in [-0.3, -0.25) is 9.69 Å². The minimum Gasteiger partial charge on any atom is -0.330 e. The highest BCUT2D eigenvalue weighted by atomic mass is 79.9. The number of aromatic nitrogens is 3. The summed E-state index contributed by atoms with van der Waals surface area (Å²) < 4.78 is 2.57. The maximum Gasteiger partial charge on any atom is 0.252 e. The standard InChI is InChI=1S/C11H12BrN5O/c12-8-1-2-9-14-11(15-17(9)6-8)16-5-7(4-13)3-10(16)18/h1-2,6-7H,3-5,13H2. The number of hydrogen-bond acceptors (Lipinski definition) is 4. The van der Waals surface area contributed by atoms with Gasteiger partial charge in [0.1, 0.15) is 0 Å². The maximum absolute atomic E-state index is 11.9. The van der Waals surface area contributed by atoms with Gasteiger partial charge in [0.05, 0.1) is 0 Å². The minimum atomic E-state index is 0.0421. The number of amides is 1. The van der Waals surface area contributed by atoms with Crippen molar-refractivity contribution >= 4 is 33.4 Å². The van der Waals surface area contributed by atoms with Crippen molar-refractivity contribution in [2.45, 2.75) is 6.42 Å². The number of pyridine rings is 1. The molecule has 1 aliphatic rings. The summed E-state index contributed by atoms with van der Waals surface area (Å²) >= 11 is 3.37. The smallest absolute Gasteiger partial charge is 0.252 e. The Labute approximate surface area is 112 Å². The van der Waals surface area contributed by atoms with Gasteiger partial charge in [-0.25, -0.2) is 4.52 Å². The van der Waals surface area contributed by atoms with E-state index in [0.717, 1.165) is 10.1 Å². The number of carbonyl (C=O) groups is 1. The number of nitrogens with zero attached hydrogens (tertiary/aromatic N) is 4. The van der Waals surface area contributed by atoms with E-state index in [1.54, 1.807) is 9.42 Å². The second-order valence-electron chi connectivity index (χ2n) is 4.37. The van der Waals surface area contributed by atoms with Gasteiger partial charge in [-0.2, -0.15) is 4.98 Å². The van der Waals surface area contributed by atoms with E-state index in [4.69, 9.17) is 5.73 Å². The van der Waals surface area contributed by atoms with Crippen LogP contribution >= 0.6 is 15.9 Å². The van der Waals surface area contributed by atoms with E-state index in [-0.39, 0.29) is 11.8 Å². The molecule has 1 amide bonds. The summed E-state index contributed by atoms with van der Waals surface area (Å²) in [5.74, 6) is 0.699. The second kappa shape index (κ2) is 4.33. The first kappa shape index (κ1) is 11.6. The molecule has 6 nitrogen and oxygen atoms in total. The molecule has 2 aromatic rings. The topological polar surface area (TPSA) is 76.5 Å². The molecular weight excluding hydrogens is 298 g/mol. The van der Waals surface area contributed by atoms with Crippen molar-refractivity contribution < 1.29 is 4.79 Å². The highest BCUT2D eigenvalue weighted by Crippen LogP contribution is 2.22. The Hall–Kier alpha value is -1.47. The van der Waals surface area contributed by atoms with Gasteiger partial charge in [-0.1, -0.05) is 0 Å².